The van der Waals surface area contributed by atoms with E-state index in [-0.39, 0.29) is 5.69 Å². The first-order valence-electron chi connectivity index (χ1n) is 6.14. The first-order valence-corrected chi connectivity index (χ1v) is 6.93. The van der Waals surface area contributed by atoms with E-state index in [0.29, 0.717) is 17.6 Å². The fraction of sp³-hybridized carbons (Fsp3) is 0.231. The predicted molar refractivity (Wildman–Crippen MR) is 78.2 cm³/mol. The van der Waals surface area contributed by atoms with Crippen LogP contribution in [0.1, 0.15) is 24.5 Å². The zero-order valence-corrected chi connectivity index (χ0v) is 12.0. The largest absolute Gasteiger partial charge is 0.383 e. The van der Waals surface area contributed by atoms with Crippen molar-refractivity contribution in [1.82, 2.24) is 9.97 Å². The van der Waals surface area contributed by atoms with Gasteiger partial charge in [-0.3, -0.25) is 10.1 Å². The lowest BCUT2D eigenvalue weighted by atomic mass is 10.2. The highest BCUT2D eigenvalue weighted by molar-refractivity contribution is 9.10. The Morgan fingerprint density at radius 3 is 2.45 bits per heavy atom. The number of hydrogen-bond acceptors (Lipinski definition) is 5. The number of aromatic nitrogens is 2. The van der Waals surface area contributed by atoms with Crippen molar-refractivity contribution in [2.75, 3.05) is 5.73 Å². The average Bonchev–Trinajstić information content (AvgIpc) is 3.26. The van der Waals surface area contributed by atoms with Crippen LogP contribution >= 0.6 is 15.9 Å². The maximum absolute atomic E-state index is 10.6. The molecule has 1 aliphatic rings. The van der Waals surface area contributed by atoms with Gasteiger partial charge in [0.2, 0.25) is 0 Å². The Kier molecular flexibility index (Phi) is 3.13. The number of nitro groups is 1. The molecule has 1 fully saturated rings. The molecule has 6 nitrogen and oxygen atoms in total. The van der Waals surface area contributed by atoms with Crippen LogP contribution in [0, 0.1) is 10.1 Å². The normalized spacial score (nSPS) is 14.2. The number of hydrogen-bond donors (Lipinski definition) is 1. The molecule has 1 aromatic carbocycles. The summed E-state index contributed by atoms with van der Waals surface area (Å²) in [5.74, 6) is 1.34. The smallest absolute Gasteiger partial charge is 0.269 e. The van der Waals surface area contributed by atoms with Crippen LogP contribution in [0.4, 0.5) is 11.5 Å². The second-order valence-electron chi connectivity index (χ2n) is 4.71. The summed E-state index contributed by atoms with van der Waals surface area (Å²) < 4.78 is 0.755. The van der Waals surface area contributed by atoms with Gasteiger partial charge in [0, 0.05) is 23.6 Å². The first-order chi connectivity index (χ1) is 9.56. The number of rotatable bonds is 3. The molecule has 0 radical (unpaired) electrons. The standard InChI is InChI=1S/C13H11BrN4O2/c14-10-11(7-1-2-7)16-13(17-12(10)15)8-3-5-9(6-4-8)18(19)20/h3-7H,1-2H2,(H2,15,16,17). The summed E-state index contributed by atoms with van der Waals surface area (Å²) in [6, 6.07) is 6.15. The number of halogens is 1. The maximum Gasteiger partial charge on any atom is 0.269 e. The highest BCUT2D eigenvalue weighted by Gasteiger charge is 2.29. The van der Waals surface area contributed by atoms with Gasteiger partial charge in [0.05, 0.1) is 15.1 Å². The second-order valence-corrected chi connectivity index (χ2v) is 5.50. The Hall–Kier alpha value is -2.02. The number of non-ortho nitro benzene ring substituents is 1. The van der Waals surface area contributed by atoms with Crippen molar-refractivity contribution < 1.29 is 4.92 Å². The number of nitrogen functional groups attached to an aromatic ring is 1. The van der Waals surface area contributed by atoms with Crippen LogP contribution in [0.5, 0.6) is 0 Å². The minimum Gasteiger partial charge on any atom is -0.383 e. The van der Waals surface area contributed by atoms with E-state index in [2.05, 4.69) is 25.9 Å². The fourth-order valence-electron chi connectivity index (χ4n) is 1.97. The van der Waals surface area contributed by atoms with Crippen LogP contribution in [0.25, 0.3) is 11.4 Å². The molecule has 20 heavy (non-hydrogen) atoms. The van der Waals surface area contributed by atoms with E-state index in [0.717, 1.165) is 28.6 Å². The molecule has 0 unspecified atom stereocenters. The van der Waals surface area contributed by atoms with E-state index in [1.165, 1.54) is 12.1 Å². The minimum atomic E-state index is -0.434. The van der Waals surface area contributed by atoms with Crippen molar-refractivity contribution in [3.05, 3.63) is 44.5 Å². The van der Waals surface area contributed by atoms with Crippen molar-refractivity contribution in [2.45, 2.75) is 18.8 Å². The first kappa shape index (κ1) is 13.0. The summed E-state index contributed by atoms with van der Waals surface area (Å²) in [4.78, 5) is 19.0. The third-order valence-corrected chi connectivity index (χ3v) is 4.02. The highest BCUT2D eigenvalue weighted by Crippen LogP contribution is 2.43. The highest BCUT2D eigenvalue weighted by atomic mass is 79.9. The van der Waals surface area contributed by atoms with Crippen LogP contribution in [0.3, 0.4) is 0 Å². The lowest BCUT2D eigenvalue weighted by Crippen LogP contribution is -2.02. The van der Waals surface area contributed by atoms with Crippen LogP contribution in [0.2, 0.25) is 0 Å². The van der Waals surface area contributed by atoms with Gasteiger partial charge in [-0.2, -0.15) is 0 Å². The molecule has 102 valence electrons. The predicted octanol–water partition coefficient (Wildman–Crippen LogP) is 3.27. The summed E-state index contributed by atoms with van der Waals surface area (Å²) in [5, 5.41) is 10.6. The molecule has 1 aromatic heterocycles. The van der Waals surface area contributed by atoms with Gasteiger partial charge in [-0.05, 0) is 40.9 Å². The van der Waals surface area contributed by atoms with E-state index in [4.69, 9.17) is 5.73 Å². The maximum atomic E-state index is 10.6. The number of nitrogens with zero attached hydrogens (tertiary/aromatic N) is 3. The lowest BCUT2D eigenvalue weighted by molar-refractivity contribution is -0.384. The average molecular weight is 335 g/mol. The Bertz CT molecular complexity index is 684. The van der Waals surface area contributed by atoms with Crippen molar-refractivity contribution >= 4 is 27.4 Å². The molecule has 1 aliphatic carbocycles. The molecule has 2 aromatic rings. The van der Waals surface area contributed by atoms with Crippen molar-refractivity contribution in [3.63, 3.8) is 0 Å². The zero-order chi connectivity index (χ0) is 14.3. The quantitative estimate of drug-likeness (QED) is 0.686. The summed E-state index contributed by atoms with van der Waals surface area (Å²) in [6.07, 6.45) is 2.21. The molecule has 3 rings (SSSR count). The van der Waals surface area contributed by atoms with Gasteiger partial charge in [0.25, 0.3) is 5.69 Å². The van der Waals surface area contributed by atoms with Crippen molar-refractivity contribution in [1.29, 1.82) is 0 Å². The zero-order valence-electron chi connectivity index (χ0n) is 10.4. The molecule has 2 N–H and O–H groups in total. The second kappa shape index (κ2) is 4.82. The monoisotopic (exact) mass is 334 g/mol. The third kappa shape index (κ3) is 2.36. The van der Waals surface area contributed by atoms with Gasteiger partial charge >= 0.3 is 0 Å². The van der Waals surface area contributed by atoms with Gasteiger partial charge in [-0.15, -0.1) is 0 Å². The molecule has 0 aliphatic heterocycles. The van der Waals surface area contributed by atoms with E-state index in [9.17, 15) is 10.1 Å². The molecule has 0 saturated heterocycles. The molecule has 0 spiro atoms. The van der Waals surface area contributed by atoms with Gasteiger partial charge in [-0.25, -0.2) is 9.97 Å². The van der Waals surface area contributed by atoms with Gasteiger partial charge in [0.15, 0.2) is 5.82 Å². The summed E-state index contributed by atoms with van der Waals surface area (Å²) in [6.45, 7) is 0. The van der Waals surface area contributed by atoms with E-state index < -0.39 is 4.92 Å². The number of anilines is 1. The number of nitro benzene ring substituents is 1. The Labute approximate surface area is 123 Å². The Balaban J connectivity index is 2.03. The van der Waals surface area contributed by atoms with E-state index in [1.54, 1.807) is 12.1 Å². The molecular formula is C13H11BrN4O2. The van der Waals surface area contributed by atoms with Crippen LogP contribution < -0.4 is 5.73 Å². The van der Waals surface area contributed by atoms with E-state index >= 15 is 0 Å². The SMILES string of the molecule is Nc1nc(-c2ccc([N+](=O)[O-])cc2)nc(C2CC2)c1Br. The third-order valence-electron chi connectivity index (χ3n) is 3.20. The van der Waals surface area contributed by atoms with Gasteiger partial charge < -0.3 is 5.73 Å². The molecule has 0 bridgehead atoms. The Morgan fingerprint density at radius 1 is 1.25 bits per heavy atom. The summed E-state index contributed by atoms with van der Waals surface area (Å²) in [5.41, 5.74) is 7.58. The van der Waals surface area contributed by atoms with E-state index in [1.807, 2.05) is 0 Å². The summed E-state index contributed by atoms with van der Waals surface area (Å²) in [7, 11) is 0. The summed E-state index contributed by atoms with van der Waals surface area (Å²) >= 11 is 3.42. The van der Waals surface area contributed by atoms with Gasteiger partial charge in [-0.1, -0.05) is 0 Å². The molecule has 0 atom stereocenters. The van der Waals surface area contributed by atoms with Crippen LogP contribution in [-0.4, -0.2) is 14.9 Å². The Morgan fingerprint density at radius 2 is 1.90 bits per heavy atom. The number of benzene rings is 1. The topological polar surface area (TPSA) is 94.9 Å². The molecule has 7 heteroatoms. The fourth-order valence-corrected chi connectivity index (χ4v) is 2.47. The minimum absolute atomic E-state index is 0.0428. The van der Waals surface area contributed by atoms with Crippen LogP contribution in [0.15, 0.2) is 28.7 Å². The van der Waals surface area contributed by atoms with Crippen molar-refractivity contribution in [2.24, 2.45) is 0 Å². The molecule has 0 amide bonds. The van der Waals surface area contributed by atoms with Gasteiger partial charge in [0.1, 0.15) is 5.82 Å². The molecule has 1 saturated carbocycles. The lowest BCUT2D eigenvalue weighted by Gasteiger charge is -2.08. The van der Waals surface area contributed by atoms with Crippen molar-refractivity contribution in [3.8, 4) is 11.4 Å². The molecule has 1 heterocycles. The molecular weight excluding hydrogens is 324 g/mol. The number of nitrogens with two attached hydrogens (primary N) is 1. The van der Waals surface area contributed by atoms with Crippen LogP contribution in [-0.2, 0) is 0 Å².